The van der Waals surface area contributed by atoms with Crippen molar-refractivity contribution in [3.8, 4) is 11.5 Å². The highest BCUT2D eigenvalue weighted by Crippen LogP contribution is 2.36. The highest BCUT2D eigenvalue weighted by molar-refractivity contribution is 5.79. The number of carbonyl (C=O) groups excluding carboxylic acids is 1. The van der Waals surface area contributed by atoms with Crippen LogP contribution < -0.4 is 14.8 Å². The maximum atomic E-state index is 13.5. The fourth-order valence-corrected chi connectivity index (χ4v) is 6.14. The van der Waals surface area contributed by atoms with Gasteiger partial charge >= 0.3 is 0 Å². The van der Waals surface area contributed by atoms with Crippen LogP contribution in [0.4, 0.5) is 0 Å². The predicted molar refractivity (Wildman–Crippen MR) is 150 cm³/mol. The number of methoxy groups -OCH3 is 2. The molecule has 0 aromatic heterocycles. The van der Waals surface area contributed by atoms with Gasteiger partial charge in [0, 0.05) is 51.9 Å². The maximum Gasteiger partial charge on any atom is 0.226 e. The van der Waals surface area contributed by atoms with Gasteiger partial charge in [-0.2, -0.15) is 0 Å². The molecule has 1 aliphatic carbocycles. The second-order valence-corrected chi connectivity index (χ2v) is 11.9. The molecule has 1 N–H and O–H groups in total. The molecule has 2 heterocycles. The molecule has 1 aromatic carbocycles. The summed E-state index contributed by atoms with van der Waals surface area (Å²) >= 11 is 0. The molecule has 7 nitrogen and oxygen atoms in total. The van der Waals surface area contributed by atoms with Crippen LogP contribution in [0.2, 0.25) is 0 Å². The molecule has 2 saturated heterocycles. The molecule has 0 bridgehead atoms. The summed E-state index contributed by atoms with van der Waals surface area (Å²) in [6, 6.07) is 6.84. The Morgan fingerprint density at radius 2 is 1.82 bits per heavy atom. The van der Waals surface area contributed by atoms with Gasteiger partial charge in [0.1, 0.15) is 0 Å². The van der Waals surface area contributed by atoms with Crippen LogP contribution in [-0.2, 0) is 20.7 Å². The Balaban J connectivity index is 1.38. The van der Waals surface area contributed by atoms with Crippen LogP contribution >= 0.6 is 0 Å². The van der Waals surface area contributed by atoms with E-state index in [9.17, 15) is 4.79 Å². The Bertz CT molecular complexity index is 868. The minimum Gasteiger partial charge on any atom is -0.493 e. The third-order valence-electron chi connectivity index (χ3n) is 8.78. The van der Waals surface area contributed by atoms with E-state index in [0.717, 1.165) is 70.0 Å². The summed E-state index contributed by atoms with van der Waals surface area (Å²) in [6.45, 7) is 10.4. The highest BCUT2D eigenvalue weighted by Gasteiger charge is 2.40. The lowest BCUT2D eigenvalue weighted by Gasteiger charge is -2.34. The van der Waals surface area contributed by atoms with Gasteiger partial charge in [0.05, 0.1) is 13.7 Å². The normalized spacial score (nSPS) is 23.0. The first kappa shape index (κ1) is 29.2. The molecular formula is C31H50N2O5. The van der Waals surface area contributed by atoms with E-state index in [4.69, 9.17) is 18.9 Å². The van der Waals surface area contributed by atoms with Crippen molar-refractivity contribution in [2.24, 2.45) is 29.6 Å². The Hall–Kier alpha value is -1.83. The molecule has 38 heavy (non-hydrogen) atoms. The van der Waals surface area contributed by atoms with Crippen LogP contribution in [0.3, 0.4) is 0 Å². The molecule has 1 saturated carbocycles. The van der Waals surface area contributed by atoms with Gasteiger partial charge in [-0.25, -0.2) is 0 Å². The van der Waals surface area contributed by atoms with Crippen LogP contribution in [0, 0.1) is 29.6 Å². The number of carbonyl (C=O) groups is 1. The molecule has 0 radical (unpaired) electrons. The largest absolute Gasteiger partial charge is 0.493 e. The van der Waals surface area contributed by atoms with Gasteiger partial charge in [-0.15, -0.1) is 0 Å². The van der Waals surface area contributed by atoms with Crippen molar-refractivity contribution in [3.05, 3.63) is 23.8 Å². The summed E-state index contributed by atoms with van der Waals surface area (Å²) < 4.78 is 22.3. The SMILES string of the molecule is COCCCOc1cc(C[C@@H](C[C@@H]2CNC[C@H]2CN(C(=O)C2CCOCC2)C2CC2)C(C)C)ccc1OC. The minimum absolute atomic E-state index is 0.154. The van der Waals surface area contributed by atoms with Gasteiger partial charge in [-0.05, 0) is 93.0 Å². The average Bonchev–Trinajstić information content (AvgIpc) is 3.68. The number of hydrogen-bond acceptors (Lipinski definition) is 6. The molecule has 214 valence electrons. The second-order valence-electron chi connectivity index (χ2n) is 11.9. The molecule has 7 heteroatoms. The first-order valence-electron chi connectivity index (χ1n) is 14.9. The van der Waals surface area contributed by atoms with E-state index in [1.165, 1.54) is 24.8 Å². The number of hydrogen-bond donors (Lipinski definition) is 1. The van der Waals surface area contributed by atoms with Gasteiger partial charge in [0.25, 0.3) is 0 Å². The minimum atomic E-state index is 0.154. The topological polar surface area (TPSA) is 69.3 Å². The zero-order valence-electron chi connectivity index (χ0n) is 24.1. The summed E-state index contributed by atoms with van der Waals surface area (Å²) in [4.78, 5) is 15.7. The van der Waals surface area contributed by atoms with E-state index in [1.807, 2.05) is 6.07 Å². The summed E-state index contributed by atoms with van der Waals surface area (Å²) in [5.74, 6) is 4.40. The first-order chi connectivity index (χ1) is 18.5. The van der Waals surface area contributed by atoms with E-state index < -0.39 is 0 Å². The van der Waals surface area contributed by atoms with Crippen molar-refractivity contribution in [2.45, 2.75) is 64.8 Å². The lowest BCUT2D eigenvalue weighted by Crippen LogP contribution is -2.44. The predicted octanol–water partition coefficient (Wildman–Crippen LogP) is 4.57. The number of benzene rings is 1. The van der Waals surface area contributed by atoms with Gasteiger partial charge in [0.15, 0.2) is 11.5 Å². The third-order valence-corrected chi connectivity index (χ3v) is 8.78. The zero-order valence-corrected chi connectivity index (χ0v) is 24.1. The molecule has 1 amide bonds. The standard InChI is InChI=1S/C31H50N2O5/c1-22(2)25(16-23-6-9-29(36-4)30(17-23)38-13-5-12-35-3)18-26-19-32-20-27(26)21-33(28-7-8-28)31(34)24-10-14-37-15-11-24/h6,9,17,22,24-28,32H,5,7-8,10-16,18-21H2,1-4H3/t25-,26+,27-/m0/s1. The lowest BCUT2D eigenvalue weighted by atomic mass is 9.78. The Morgan fingerprint density at radius 1 is 1.05 bits per heavy atom. The number of ether oxygens (including phenoxy) is 4. The van der Waals surface area contributed by atoms with Gasteiger partial charge in [0.2, 0.25) is 5.91 Å². The van der Waals surface area contributed by atoms with Crippen LogP contribution in [0.25, 0.3) is 0 Å². The summed E-state index contributed by atoms with van der Waals surface area (Å²) in [5, 5.41) is 3.67. The van der Waals surface area contributed by atoms with Crippen molar-refractivity contribution < 1.29 is 23.7 Å². The summed E-state index contributed by atoms with van der Waals surface area (Å²) in [7, 11) is 3.41. The Kier molecular flexibility index (Phi) is 11.1. The van der Waals surface area contributed by atoms with Crippen LogP contribution in [0.1, 0.15) is 57.9 Å². The van der Waals surface area contributed by atoms with Gasteiger partial charge in [-0.1, -0.05) is 19.9 Å². The van der Waals surface area contributed by atoms with E-state index >= 15 is 0 Å². The van der Waals surface area contributed by atoms with Crippen molar-refractivity contribution in [1.29, 1.82) is 0 Å². The molecule has 0 unspecified atom stereocenters. The van der Waals surface area contributed by atoms with E-state index in [1.54, 1.807) is 14.2 Å². The summed E-state index contributed by atoms with van der Waals surface area (Å²) in [6.07, 6.45) is 7.14. The molecule has 3 aliphatic rings. The van der Waals surface area contributed by atoms with Crippen LogP contribution in [0.15, 0.2) is 18.2 Å². The smallest absolute Gasteiger partial charge is 0.226 e. The molecule has 1 aromatic rings. The molecule has 3 fully saturated rings. The van der Waals surface area contributed by atoms with E-state index in [0.29, 0.717) is 48.8 Å². The quantitative estimate of drug-likeness (QED) is 0.335. The van der Waals surface area contributed by atoms with E-state index in [2.05, 4.69) is 36.2 Å². The second kappa shape index (κ2) is 14.5. The molecule has 4 rings (SSSR count). The van der Waals surface area contributed by atoms with Crippen molar-refractivity contribution in [1.82, 2.24) is 10.2 Å². The Labute approximate surface area is 229 Å². The van der Waals surface area contributed by atoms with Crippen LogP contribution in [0.5, 0.6) is 11.5 Å². The van der Waals surface area contributed by atoms with Crippen molar-refractivity contribution >= 4 is 5.91 Å². The maximum absolute atomic E-state index is 13.5. The molecular weight excluding hydrogens is 480 g/mol. The Morgan fingerprint density at radius 3 is 2.50 bits per heavy atom. The van der Waals surface area contributed by atoms with Gasteiger partial charge in [-0.3, -0.25) is 4.79 Å². The fraction of sp³-hybridized carbons (Fsp3) is 0.774. The number of nitrogens with zero attached hydrogens (tertiary/aromatic N) is 1. The molecule has 0 spiro atoms. The van der Waals surface area contributed by atoms with Gasteiger partial charge < -0.3 is 29.2 Å². The fourth-order valence-electron chi connectivity index (χ4n) is 6.14. The lowest BCUT2D eigenvalue weighted by molar-refractivity contribution is -0.140. The van der Waals surface area contributed by atoms with Crippen molar-refractivity contribution in [2.75, 3.05) is 60.3 Å². The monoisotopic (exact) mass is 530 g/mol. The highest BCUT2D eigenvalue weighted by atomic mass is 16.5. The van der Waals surface area contributed by atoms with Crippen LogP contribution in [-0.4, -0.2) is 77.1 Å². The third kappa shape index (κ3) is 8.09. The summed E-state index contributed by atoms with van der Waals surface area (Å²) in [5.41, 5.74) is 1.29. The first-order valence-corrected chi connectivity index (χ1v) is 14.9. The number of nitrogens with one attached hydrogen (secondary N) is 1. The average molecular weight is 531 g/mol. The number of rotatable bonds is 15. The van der Waals surface area contributed by atoms with E-state index in [-0.39, 0.29) is 5.92 Å². The molecule has 2 aliphatic heterocycles. The zero-order chi connectivity index (χ0) is 26.9. The molecule has 3 atom stereocenters. The number of amides is 1. The van der Waals surface area contributed by atoms with Crippen molar-refractivity contribution in [3.63, 3.8) is 0 Å².